The molecule has 5 heteroatoms. The molecule has 2 aliphatic heterocycles. The number of rotatable bonds is 4. The second-order valence-electron chi connectivity index (χ2n) is 8.21. The van der Waals surface area contributed by atoms with Crippen molar-refractivity contribution in [1.29, 1.82) is 0 Å². The van der Waals surface area contributed by atoms with E-state index in [0.29, 0.717) is 0 Å². The number of nitrogens with zero attached hydrogens (tertiary/aromatic N) is 2. The van der Waals surface area contributed by atoms with Crippen molar-refractivity contribution in [3.05, 3.63) is 29.5 Å². The molecule has 1 atom stereocenters. The molecule has 5 rings (SSSR count). The molecular formula is C20H27N3O2. The first-order valence-corrected chi connectivity index (χ1v) is 9.38. The van der Waals surface area contributed by atoms with Crippen molar-refractivity contribution < 1.29 is 9.84 Å². The highest BCUT2D eigenvalue weighted by molar-refractivity contribution is 5.89. The van der Waals surface area contributed by atoms with E-state index < -0.39 is 0 Å². The predicted molar refractivity (Wildman–Crippen MR) is 98.1 cm³/mol. The van der Waals surface area contributed by atoms with Crippen LogP contribution in [0.1, 0.15) is 30.1 Å². The molecule has 0 amide bonds. The van der Waals surface area contributed by atoms with E-state index in [9.17, 15) is 5.11 Å². The van der Waals surface area contributed by atoms with Crippen LogP contribution in [0, 0.1) is 5.92 Å². The minimum atomic E-state index is 0.0153. The fourth-order valence-corrected chi connectivity index (χ4v) is 5.06. The summed E-state index contributed by atoms with van der Waals surface area (Å²) in [4.78, 5) is 2.62. The maximum atomic E-state index is 9.92. The van der Waals surface area contributed by atoms with Crippen molar-refractivity contribution >= 4 is 10.9 Å². The number of likely N-dealkylation sites (tertiary alicyclic amines) is 1. The number of methoxy groups -OCH3 is 1. The van der Waals surface area contributed by atoms with Crippen LogP contribution in [0.2, 0.25) is 0 Å². The average Bonchev–Trinajstić information content (AvgIpc) is 3.38. The van der Waals surface area contributed by atoms with Gasteiger partial charge in [-0.1, -0.05) is 0 Å². The average molecular weight is 341 g/mol. The Morgan fingerprint density at radius 1 is 1.32 bits per heavy atom. The number of aromatic nitrogens is 1. The predicted octanol–water partition coefficient (Wildman–Crippen LogP) is 1.79. The highest BCUT2D eigenvalue weighted by atomic mass is 16.5. The van der Waals surface area contributed by atoms with E-state index in [0.717, 1.165) is 31.3 Å². The lowest BCUT2D eigenvalue weighted by Crippen LogP contribution is -2.66. The molecule has 1 saturated heterocycles. The third kappa shape index (κ3) is 2.26. The maximum Gasteiger partial charge on any atom is 0.120 e. The van der Waals surface area contributed by atoms with Crippen LogP contribution in [0.25, 0.3) is 10.9 Å². The van der Waals surface area contributed by atoms with E-state index in [1.165, 1.54) is 41.5 Å². The fraction of sp³-hybridized carbons (Fsp3) is 0.600. The summed E-state index contributed by atoms with van der Waals surface area (Å²) >= 11 is 0. The Labute approximate surface area is 148 Å². The number of benzene rings is 1. The van der Waals surface area contributed by atoms with Crippen LogP contribution in [0.3, 0.4) is 0 Å². The van der Waals surface area contributed by atoms with Crippen molar-refractivity contribution in [3.8, 4) is 5.75 Å². The van der Waals surface area contributed by atoms with E-state index in [4.69, 9.17) is 4.74 Å². The van der Waals surface area contributed by atoms with E-state index in [1.54, 1.807) is 7.11 Å². The number of nitrogens with one attached hydrogen (secondary N) is 1. The molecule has 2 fully saturated rings. The van der Waals surface area contributed by atoms with Crippen LogP contribution in [0.5, 0.6) is 5.75 Å². The van der Waals surface area contributed by atoms with Gasteiger partial charge in [-0.3, -0.25) is 0 Å². The molecular weight excluding hydrogens is 314 g/mol. The third-order valence-electron chi connectivity index (χ3n) is 6.45. The maximum absolute atomic E-state index is 9.92. The molecule has 2 N–H and O–H groups in total. The van der Waals surface area contributed by atoms with Crippen LogP contribution in [-0.4, -0.2) is 54.5 Å². The Kier molecular flexibility index (Phi) is 3.43. The molecule has 2 aromatic rings. The molecule has 25 heavy (non-hydrogen) atoms. The van der Waals surface area contributed by atoms with Gasteiger partial charge in [0.25, 0.3) is 0 Å². The van der Waals surface area contributed by atoms with Gasteiger partial charge in [0.05, 0.1) is 25.3 Å². The molecule has 1 aromatic heterocycles. The summed E-state index contributed by atoms with van der Waals surface area (Å²) in [6.45, 7) is 4.62. The van der Waals surface area contributed by atoms with Gasteiger partial charge in [0.15, 0.2) is 0 Å². The Morgan fingerprint density at radius 3 is 2.80 bits per heavy atom. The smallest absolute Gasteiger partial charge is 0.120 e. The number of fused-ring (bicyclic) bond motifs is 4. The molecule has 0 unspecified atom stereocenters. The molecule has 0 bridgehead atoms. The second-order valence-corrected chi connectivity index (χ2v) is 8.21. The Balaban J connectivity index is 1.61. The minimum Gasteiger partial charge on any atom is -0.497 e. The quantitative estimate of drug-likeness (QED) is 0.890. The second kappa shape index (κ2) is 5.47. The zero-order valence-electron chi connectivity index (χ0n) is 15.1. The van der Waals surface area contributed by atoms with Gasteiger partial charge in [0.1, 0.15) is 5.75 Å². The van der Waals surface area contributed by atoms with Gasteiger partial charge in [0, 0.05) is 55.8 Å². The van der Waals surface area contributed by atoms with Crippen LogP contribution in [0.15, 0.2) is 18.2 Å². The lowest BCUT2D eigenvalue weighted by Gasteiger charge is -2.54. The van der Waals surface area contributed by atoms with E-state index >= 15 is 0 Å². The van der Waals surface area contributed by atoms with Gasteiger partial charge in [-0.15, -0.1) is 0 Å². The fourth-order valence-electron chi connectivity index (χ4n) is 5.06. The number of hydrogen-bond donors (Lipinski definition) is 2. The Morgan fingerprint density at radius 2 is 2.12 bits per heavy atom. The van der Waals surface area contributed by atoms with Crippen molar-refractivity contribution in [2.24, 2.45) is 13.0 Å². The van der Waals surface area contributed by atoms with Crippen molar-refractivity contribution in [3.63, 3.8) is 0 Å². The molecule has 1 aromatic carbocycles. The molecule has 5 nitrogen and oxygen atoms in total. The van der Waals surface area contributed by atoms with Gasteiger partial charge in [0.2, 0.25) is 0 Å². The van der Waals surface area contributed by atoms with Crippen molar-refractivity contribution in [2.45, 2.75) is 24.3 Å². The van der Waals surface area contributed by atoms with Gasteiger partial charge < -0.3 is 24.6 Å². The molecule has 0 radical (unpaired) electrons. The van der Waals surface area contributed by atoms with Gasteiger partial charge in [-0.2, -0.15) is 0 Å². The van der Waals surface area contributed by atoms with Gasteiger partial charge >= 0.3 is 0 Å². The standard InChI is InChI=1S/C20H27N3O2/c1-22-17-7-14(25-2)5-6-15(17)18-19(22)16(9-24)21-10-20(18)11-23(12-20)8-13-3-4-13/h5-7,13,16,21,24H,3-4,8-12H2,1-2H3/t16-/m0/s1. The van der Waals surface area contributed by atoms with E-state index in [1.807, 2.05) is 0 Å². The van der Waals surface area contributed by atoms with Gasteiger partial charge in [-0.05, 0) is 36.5 Å². The summed E-state index contributed by atoms with van der Waals surface area (Å²) in [5.41, 5.74) is 4.09. The first kappa shape index (κ1) is 15.7. The summed E-state index contributed by atoms with van der Waals surface area (Å²) in [7, 11) is 3.83. The van der Waals surface area contributed by atoms with Crippen LogP contribution in [-0.2, 0) is 12.5 Å². The molecule has 1 saturated carbocycles. The minimum absolute atomic E-state index is 0.0153. The number of aryl methyl sites for hydroxylation is 1. The molecule has 134 valence electrons. The highest BCUT2D eigenvalue weighted by Crippen LogP contribution is 2.47. The summed E-state index contributed by atoms with van der Waals surface area (Å²) in [6.07, 6.45) is 2.82. The molecule has 1 aliphatic carbocycles. The first-order chi connectivity index (χ1) is 12.1. The van der Waals surface area contributed by atoms with E-state index in [-0.39, 0.29) is 18.1 Å². The molecule has 3 aliphatic rings. The summed E-state index contributed by atoms with van der Waals surface area (Å²) < 4.78 is 7.69. The normalized spacial score (nSPS) is 25.2. The number of ether oxygens (including phenoxy) is 1. The Hall–Kier alpha value is -1.56. The van der Waals surface area contributed by atoms with Crippen molar-refractivity contribution in [1.82, 2.24) is 14.8 Å². The molecule has 1 spiro atoms. The summed E-state index contributed by atoms with van der Waals surface area (Å²) in [5.74, 6) is 1.83. The lowest BCUT2D eigenvalue weighted by atomic mass is 9.69. The molecule has 3 heterocycles. The lowest BCUT2D eigenvalue weighted by molar-refractivity contribution is 0.0472. The zero-order chi connectivity index (χ0) is 17.2. The summed E-state index contributed by atoms with van der Waals surface area (Å²) in [5, 5.41) is 14.8. The van der Waals surface area contributed by atoms with Crippen LogP contribution >= 0.6 is 0 Å². The largest absolute Gasteiger partial charge is 0.497 e. The number of aliphatic hydroxyl groups excluding tert-OH is 1. The topological polar surface area (TPSA) is 49.7 Å². The van der Waals surface area contributed by atoms with Crippen molar-refractivity contribution in [2.75, 3.05) is 39.9 Å². The van der Waals surface area contributed by atoms with Crippen LogP contribution in [0.4, 0.5) is 0 Å². The highest BCUT2D eigenvalue weighted by Gasteiger charge is 2.51. The zero-order valence-corrected chi connectivity index (χ0v) is 15.1. The summed E-state index contributed by atoms with van der Waals surface area (Å²) in [6, 6.07) is 6.41. The van der Waals surface area contributed by atoms with E-state index in [2.05, 4.69) is 40.0 Å². The monoisotopic (exact) mass is 341 g/mol. The van der Waals surface area contributed by atoms with Crippen LogP contribution < -0.4 is 10.1 Å². The third-order valence-corrected chi connectivity index (χ3v) is 6.45. The van der Waals surface area contributed by atoms with Gasteiger partial charge in [-0.25, -0.2) is 0 Å². The number of aliphatic hydroxyl groups is 1. The number of hydrogen-bond acceptors (Lipinski definition) is 4. The Bertz CT molecular complexity index is 818. The SMILES string of the molecule is COc1ccc2c3c(n(C)c2c1)[C@H](CO)NCC31CN(CC2CC2)C1. The first-order valence-electron chi connectivity index (χ1n) is 9.38.